The Morgan fingerprint density at radius 2 is 1.86 bits per heavy atom. The monoisotopic (exact) mass is 414 g/mol. The first-order valence-corrected chi connectivity index (χ1v) is 9.22. The number of benzene rings is 2. The summed E-state index contributed by atoms with van der Waals surface area (Å²) < 4.78 is 10.8. The van der Waals surface area contributed by atoms with Gasteiger partial charge in [-0.1, -0.05) is 29.8 Å². The van der Waals surface area contributed by atoms with Crippen molar-refractivity contribution in [1.82, 2.24) is 5.32 Å². The number of urea groups is 1. The third-order valence-electron chi connectivity index (χ3n) is 4.34. The molecule has 7 nitrogen and oxygen atoms in total. The number of hydrogen-bond acceptors (Lipinski definition) is 5. The van der Waals surface area contributed by atoms with Crippen LogP contribution in [0.15, 0.2) is 42.0 Å². The molecule has 29 heavy (non-hydrogen) atoms. The Morgan fingerprint density at radius 1 is 1.14 bits per heavy atom. The van der Waals surface area contributed by atoms with Gasteiger partial charge in [-0.15, -0.1) is 0 Å². The molecule has 1 saturated heterocycles. The van der Waals surface area contributed by atoms with Gasteiger partial charge in [0.05, 0.1) is 24.4 Å². The first-order valence-electron chi connectivity index (χ1n) is 8.84. The molecule has 1 heterocycles. The smallest absolute Gasteiger partial charge is 0.335 e. The number of anilines is 1. The highest BCUT2D eigenvalue weighted by Gasteiger charge is 2.37. The summed E-state index contributed by atoms with van der Waals surface area (Å²) >= 11 is 6.31. The Kier molecular flexibility index (Phi) is 5.89. The highest BCUT2D eigenvalue weighted by atomic mass is 35.5. The van der Waals surface area contributed by atoms with Crippen LogP contribution in [-0.4, -0.2) is 31.6 Å². The van der Waals surface area contributed by atoms with Crippen LogP contribution in [0.5, 0.6) is 11.5 Å². The van der Waals surface area contributed by atoms with Crippen LogP contribution in [0.4, 0.5) is 10.5 Å². The highest BCUT2D eigenvalue weighted by Crippen LogP contribution is 2.35. The van der Waals surface area contributed by atoms with Crippen molar-refractivity contribution < 1.29 is 23.9 Å². The Labute approximate surface area is 172 Å². The van der Waals surface area contributed by atoms with Crippen molar-refractivity contribution in [2.75, 3.05) is 18.6 Å². The van der Waals surface area contributed by atoms with Crippen molar-refractivity contribution in [3.63, 3.8) is 0 Å². The third kappa shape index (κ3) is 3.95. The average Bonchev–Trinajstić information content (AvgIpc) is 2.68. The van der Waals surface area contributed by atoms with Crippen LogP contribution < -0.4 is 19.7 Å². The number of nitrogens with zero attached hydrogens (tertiary/aromatic N) is 1. The van der Waals surface area contributed by atoms with E-state index in [0.29, 0.717) is 34.9 Å². The van der Waals surface area contributed by atoms with Gasteiger partial charge in [0.25, 0.3) is 11.8 Å². The molecule has 0 radical (unpaired) electrons. The molecule has 2 aromatic rings. The maximum Gasteiger partial charge on any atom is 0.335 e. The van der Waals surface area contributed by atoms with Crippen LogP contribution >= 0.6 is 11.6 Å². The molecule has 0 saturated carbocycles. The lowest BCUT2D eigenvalue weighted by atomic mass is 10.1. The third-order valence-corrected chi connectivity index (χ3v) is 4.67. The van der Waals surface area contributed by atoms with E-state index in [4.69, 9.17) is 21.1 Å². The molecule has 150 valence electrons. The molecule has 2 aromatic carbocycles. The standard InChI is InChI=1S/C21H19ClN2O5/c1-4-29-18-11-15(22)13(10-17(18)28-3)9-14-19(25)23-21(27)24(20(14)26)16-8-6-5-7-12(16)2/h5-11H,4H2,1-3H3,(H,23,25,27)/b14-9+. The van der Waals surface area contributed by atoms with Gasteiger partial charge in [-0.05, 0) is 43.2 Å². The van der Waals surface area contributed by atoms with Crippen LogP contribution in [0.1, 0.15) is 18.1 Å². The van der Waals surface area contributed by atoms with E-state index in [1.165, 1.54) is 13.2 Å². The molecule has 0 aromatic heterocycles. The second kappa shape index (κ2) is 8.36. The topological polar surface area (TPSA) is 84.9 Å². The number of para-hydroxylation sites is 1. The number of imide groups is 2. The number of carbonyl (C=O) groups excluding carboxylic acids is 3. The number of hydrogen-bond donors (Lipinski definition) is 1. The van der Waals surface area contributed by atoms with E-state index in [1.807, 2.05) is 6.92 Å². The Hall–Kier alpha value is -3.32. The molecule has 1 aliphatic rings. The molecule has 0 bridgehead atoms. The summed E-state index contributed by atoms with van der Waals surface area (Å²) in [5, 5.41) is 2.46. The summed E-state index contributed by atoms with van der Waals surface area (Å²) in [6.07, 6.45) is 1.33. The van der Waals surface area contributed by atoms with Gasteiger partial charge >= 0.3 is 6.03 Å². The van der Waals surface area contributed by atoms with Crippen LogP contribution in [0.25, 0.3) is 6.08 Å². The fraction of sp³-hybridized carbons (Fsp3) is 0.190. The molecule has 1 aliphatic heterocycles. The maximum absolute atomic E-state index is 13.0. The number of barbiturate groups is 1. The van der Waals surface area contributed by atoms with E-state index in [-0.39, 0.29) is 10.6 Å². The number of methoxy groups -OCH3 is 1. The lowest BCUT2D eigenvalue weighted by Crippen LogP contribution is -2.54. The minimum absolute atomic E-state index is 0.221. The van der Waals surface area contributed by atoms with Crippen molar-refractivity contribution in [3.05, 3.63) is 58.1 Å². The molecule has 8 heteroatoms. The van der Waals surface area contributed by atoms with Gasteiger partial charge < -0.3 is 9.47 Å². The first-order chi connectivity index (χ1) is 13.9. The highest BCUT2D eigenvalue weighted by molar-refractivity contribution is 6.40. The van der Waals surface area contributed by atoms with Crippen molar-refractivity contribution >= 4 is 41.2 Å². The SMILES string of the molecule is CCOc1cc(Cl)c(/C=C2\C(=O)NC(=O)N(c3ccccc3C)C2=O)cc1OC. The van der Waals surface area contributed by atoms with Gasteiger partial charge in [0.2, 0.25) is 0 Å². The molecule has 1 fully saturated rings. The molecule has 3 rings (SSSR count). The summed E-state index contributed by atoms with van der Waals surface area (Å²) in [5.74, 6) is -0.692. The molecular weight excluding hydrogens is 396 g/mol. The number of amides is 4. The molecule has 0 spiro atoms. The van der Waals surface area contributed by atoms with Crippen molar-refractivity contribution in [1.29, 1.82) is 0 Å². The van der Waals surface area contributed by atoms with Crippen LogP contribution in [0.3, 0.4) is 0 Å². The van der Waals surface area contributed by atoms with E-state index in [2.05, 4.69) is 5.32 Å². The van der Waals surface area contributed by atoms with Gasteiger partial charge in [0.1, 0.15) is 5.57 Å². The molecule has 0 atom stereocenters. The van der Waals surface area contributed by atoms with Gasteiger partial charge in [-0.3, -0.25) is 14.9 Å². The molecule has 1 N–H and O–H groups in total. The Bertz CT molecular complexity index is 1030. The number of aryl methyl sites for hydroxylation is 1. The predicted octanol–water partition coefficient (Wildman–Crippen LogP) is 3.72. The number of rotatable bonds is 5. The van der Waals surface area contributed by atoms with Crippen molar-refractivity contribution in [2.24, 2.45) is 0 Å². The normalized spacial score (nSPS) is 15.5. The molecule has 0 unspecified atom stereocenters. The molecule has 4 amide bonds. The van der Waals surface area contributed by atoms with E-state index in [0.717, 1.165) is 4.90 Å². The first kappa shape index (κ1) is 20.4. The van der Waals surface area contributed by atoms with Crippen LogP contribution in [0.2, 0.25) is 5.02 Å². The van der Waals surface area contributed by atoms with E-state index < -0.39 is 17.8 Å². The minimum atomic E-state index is -0.804. The fourth-order valence-corrected chi connectivity index (χ4v) is 3.14. The summed E-state index contributed by atoms with van der Waals surface area (Å²) in [5.41, 5.74) is 1.26. The minimum Gasteiger partial charge on any atom is -0.493 e. The molecular formula is C21H19ClN2O5. The zero-order valence-corrected chi connectivity index (χ0v) is 16.9. The largest absolute Gasteiger partial charge is 0.493 e. The van der Waals surface area contributed by atoms with Crippen molar-refractivity contribution in [3.8, 4) is 11.5 Å². The van der Waals surface area contributed by atoms with E-state index in [9.17, 15) is 14.4 Å². The van der Waals surface area contributed by atoms with E-state index in [1.54, 1.807) is 43.3 Å². The average molecular weight is 415 g/mol. The van der Waals surface area contributed by atoms with E-state index >= 15 is 0 Å². The van der Waals surface area contributed by atoms with Crippen molar-refractivity contribution in [2.45, 2.75) is 13.8 Å². The Morgan fingerprint density at radius 3 is 2.52 bits per heavy atom. The summed E-state index contributed by atoms with van der Waals surface area (Å²) in [6.45, 7) is 4.01. The summed E-state index contributed by atoms with van der Waals surface area (Å²) in [6, 6.07) is 9.20. The Balaban J connectivity index is 2.06. The quantitative estimate of drug-likeness (QED) is 0.595. The number of nitrogens with one attached hydrogen (secondary N) is 1. The second-order valence-corrected chi connectivity index (χ2v) is 6.61. The van der Waals surface area contributed by atoms with Gasteiger partial charge in [0.15, 0.2) is 11.5 Å². The maximum atomic E-state index is 13.0. The predicted molar refractivity (Wildman–Crippen MR) is 109 cm³/mol. The van der Waals surface area contributed by atoms with Gasteiger partial charge in [0, 0.05) is 6.07 Å². The zero-order valence-electron chi connectivity index (χ0n) is 16.1. The number of halogens is 1. The second-order valence-electron chi connectivity index (χ2n) is 6.20. The molecule has 0 aliphatic carbocycles. The lowest BCUT2D eigenvalue weighted by molar-refractivity contribution is -0.122. The fourth-order valence-electron chi connectivity index (χ4n) is 2.94. The summed E-state index contributed by atoms with van der Waals surface area (Å²) in [4.78, 5) is 38.7. The van der Waals surface area contributed by atoms with Gasteiger partial charge in [-0.25, -0.2) is 9.69 Å². The van der Waals surface area contributed by atoms with Crippen LogP contribution in [0, 0.1) is 6.92 Å². The lowest BCUT2D eigenvalue weighted by Gasteiger charge is -2.27. The zero-order chi connectivity index (χ0) is 21.1. The van der Waals surface area contributed by atoms with Crippen LogP contribution in [-0.2, 0) is 9.59 Å². The number of ether oxygens (including phenoxy) is 2. The number of carbonyl (C=O) groups is 3. The summed E-state index contributed by atoms with van der Waals surface area (Å²) in [7, 11) is 1.47. The van der Waals surface area contributed by atoms with Gasteiger partial charge in [-0.2, -0.15) is 0 Å².